The number of benzene rings is 1. The second-order valence-electron chi connectivity index (χ2n) is 3.40. The highest BCUT2D eigenvalue weighted by Crippen LogP contribution is 2.16. The maximum absolute atomic E-state index is 7.45. The lowest BCUT2D eigenvalue weighted by Crippen LogP contribution is -2.26. The van der Waals surface area contributed by atoms with Gasteiger partial charge in [-0.05, 0) is 13.0 Å². The van der Waals surface area contributed by atoms with Gasteiger partial charge in [-0.1, -0.05) is 18.2 Å². The van der Waals surface area contributed by atoms with E-state index in [0.29, 0.717) is 5.95 Å². The van der Waals surface area contributed by atoms with E-state index in [-0.39, 0.29) is 5.96 Å². The van der Waals surface area contributed by atoms with E-state index in [1.807, 2.05) is 31.2 Å². The molecule has 0 atom stereocenters. The first-order chi connectivity index (χ1) is 7.70. The Bertz CT molecular complexity index is 535. The van der Waals surface area contributed by atoms with Crippen LogP contribution in [-0.4, -0.2) is 23.0 Å². The van der Waals surface area contributed by atoms with Crippen molar-refractivity contribution in [3.05, 3.63) is 30.0 Å². The lowest BCUT2D eigenvalue weighted by Gasteiger charge is -2.07. The highest BCUT2D eigenvalue weighted by Gasteiger charge is 2.04. The summed E-state index contributed by atoms with van der Waals surface area (Å²) in [4.78, 5) is 8.61. The largest absolute Gasteiger partial charge is 0.359 e. The van der Waals surface area contributed by atoms with Crippen LogP contribution in [0.2, 0.25) is 0 Å². The molecule has 0 unspecified atom stereocenters. The number of hydrogen-bond donors (Lipinski definition) is 3. The third-order valence-electron chi connectivity index (χ3n) is 2.28. The van der Waals surface area contributed by atoms with Crippen LogP contribution >= 0.6 is 0 Å². The van der Waals surface area contributed by atoms with Gasteiger partial charge in [-0.3, -0.25) is 10.7 Å². The van der Waals surface area contributed by atoms with Crippen LogP contribution in [0.5, 0.6) is 0 Å². The van der Waals surface area contributed by atoms with E-state index in [2.05, 4.69) is 20.6 Å². The molecule has 1 heterocycles. The van der Waals surface area contributed by atoms with Crippen LogP contribution in [0, 0.1) is 12.3 Å². The van der Waals surface area contributed by atoms with Crippen LogP contribution in [0.25, 0.3) is 10.9 Å². The fourth-order valence-corrected chi connectivity index (χ4v) is 1.47. The van der Waals surface area contributed by atoms with Crippen LogP contribution in [0.1, 0.15) is 5.69 Å². The summed E-state index contributed by atoms with van der Waals surface area (Å²) in [5, 5.41) is 13.9. The normalized spacial score (nSPS) is 10.1. The van der Waals surface area contributed by atoms with Gasteiger partial charge in [-0.25, -0.2) is 9.97 Å². The molecule has 1 aromatic heterocycles. The molecule has 2 aromatic rings. The Balaban J connectivity index is 2.45. The second kappa shape index (κ2) is 4.14. The van der Waals surface area contributed by atoms with Gasteiger partial charge in [-0.15, -0.1) is 0 Å². The Labute approximate surface area is 93.4 Å². The lowest BCUT2D eigenvalue weighted by molar-refractivity contribution is 1.10. The van der Waals surface area contributed by atoms with Crippen LogP contribution in [0.4, 0.5) is 5.95 Å². The smallest absolute Gasteiger partial charge is 0.230 e. The van der Waals surface area contributed by atoms with Gasteiger partial charge in [0, 0.05) is 12.4 Å². The minimum Gasteiger partial charge on any atom is -0.359 e. The molecule has 0 aliphatic rings. The topological polar surface area (TPSA) is 73.7 Å². The predicted octanol–water partition coefficient (Wildman–Crippen LogP) is 1.50. The monoisotopic (exact) mass is 215 g/mol. The van der Waals surface area contributed by atoms with E-state index in [0.717, 1.165) is 16.6 Å². The van der Waals surface area contributed by atoms with Crippen molar-refractivity contribution in [3.8, 4) is 0 Å². The average Bonchev–Trinajstić information content (AvgIpc) is 2.29. The third-order valence-corrected chi connectivity index (χ3v) is 2.28. The summed E-state index contributed by atoms with van der Waals surface area (Å²) in [6.07, 6.45) is 0. The molecule has 0 fully saturated rings. The molecule has 0 saturated heterocycles. The zero-order chi connectivity index (χ0) is 11.5. The summed E-state index contributed by atoms with van der Waals surface area (Å²) in [5.41, 5.74) is 1.78. The first kappa shape index (κ1) is 10.4. The molecule has 5 heteroatoms. The third kappa shape index (κ3) is 1.93. The Hall–Kier alpha value is -2.17. The van der Waals surface area contributed by atoms with Crippen molar-refractivity contribution in [2.75, 3.05) is 12.4 Å². The number of fused-ring (bicyclic) bond motifs is 1. The second-order valence-corrected chi connectivity index (χ2v) is 3.40. The average molecular weight is 215 g/mol. The van der Waals surface area contributed by atoms with Gasteiger partial charge in [0.25, 0.3) is 0 Å². The number of aryl methyl sites for hydroxylation is 1. The van der Waals surface area contributed by atoms with Crippen molar-refractivity contribution >= 4 is 22.8 Å². The van der Waals surface area contributed by atoms with Crippen LogP contribution < -0.4 is 10.6 Å². The Kier molecular flexibility index (Phi) is 2.68. The van der Waals surface area contributed by atoms with Crippen molar-refractivity contribution < 1.29 is 0 Å². The molecule has 2 rings (SSSR count). The summed E-state index contributed by atoms with van der Waals surface area (Å²) in [5.74, 6) is 0.616. The Morgan fingerprint density at radius 1 is 1.25 bits per heavy atom. The summed E-state index contributed by atoms with van der Waals surface area (Å²) in [7, 11) is 1.67. The Morgan fingerprint density at radius 3 is 2.75 bits per heavy atom. The van der Waals surface area contributed by atoms with Crippen molar-refractivity contribution in [3.63, 3.8) is 0 Å². The molecule has 0 aliphatic carbocycles. The van der Waals surface area contributed by atoms with Gasteiger partial charge in [-0.2, -0.15) is 0 Å². The first-order valence-electron chi connectivity index (χ1n) is 4.97. The molecular formula is C11H13N5. The van der Waals surface area contributed by atoms with Gasteiger partial charge in [0.15, 0.2) is 5.96 Å². The molecule has 0 bridgehead atoms. The van der Waals surface area contributed by atoms with Crippen molar-refractivity contribution in [2.45, 2.75) is 6.92 Å². The number of nitrogens with one attached hydrogen (secondary N) is 3. The quantitative estimate of drug-likeness (QED) is 0.498. The van der Waals surface area contributed by atoms with E-state index in [4.69, 9.17) is 5.41 Å². The summed E-state index contributed by atoms with van der Waals surface area (Å²) in [6, 6.07) is 7.80. The number of rotatable bonds is 1. The van der Waals surface area contributed by atoms with Gasteiger partial charge in [0.2, 0.25) is 5.95 Å². The number of para-hydroxylation sites is 1. The molecule has 3 N–H and O–H groups in total. The number of hydrogen-bond acceptors (Lipinski definition) is 3. The van der Waals surface area contributed by atoms with Crippen LogP contribution in [0.15, 0.2) is 24.3 Å². The molecule has 16 heavy (non-hydrogen) atoms. The predicted molar refractivity (Wildman–Crippen MR) is 64.7 cm³/mol. The van der Waals surface area contributed by atoms with E-state index in [1.54, 1.807) is 7.05 Å². The highest BCUT2D eigenvalue weighted by molar-refractivity contribution is 5.90. The molecule has 1 aromatic carbocycles. The number of aromatic nitrogens is 2. The van der Waals surface area contributed by atoms with E-state index in [9.17, 15) is 0 Å². The number of guanidine groups is 1. The fraction of sp³-hybridized carbons (Fsp3) is 0.182. The minimum absolute atomic E-state index is 0.176. The summed E-state index contributed by atoms with van der Waals surface area (Å²) < 4.78 is 0. The zero-order valence-corrected chi connectivity index (χ0v) is 9.20. The van der Waals surface area contributed by atoms with Gasteiger partial charge in [0.1, 0.15) is 0 Å². The molecular weight excluding hydrogens is 202 g/mol. The Morgan fingerprint density at radius 2 is 2.00 bits per heavy atom. The van der Waals surface area contributed by atoms with Crippen LogP contribution in [0.3, 0.4) is 0 Å². The van der Waals surface area contributed by atoms with Gasteiger partial charge < -0.3 is 5.32 Å². The lowest BCUT2D eigenvalue weighted by atomic mass is 10.2. The minimum atomic E-state index is 0.176. The summed E-state index contributed by atoms with van der Waals surface area (Å²) >= 11 is 0. The highest BCUT2D eigenvalue weighted by atomic mass is 15.2. The molecule has 0 amide bonds. The molecule has 82 valence electrons. The molecule has 5 nitrogen and oxygen atoms in total. The zero-order valence-electron chi connectivity index (χ0n) is 9.20. The van der Waals surface area contributed by atoms with E-state index < -0.39 is 0 Å². The molecule has 0 spiro atoms. The molecule has 0 radical (unpaired) electrons. The molecule has 0 saturated carbocycles. The summed E-state index contributed by atoms with van der Waals surface area (Å²) in [6.45, 7) is 1.93. The van der Waals surface area contributed by atoms with Crippen molar-refractivity contribution in [2.24, 2.45) is 0 Å². The SMILES string of the molecule is CNC(=N)Nc1nc(C)c2ccccc2n1. The van der Waals surface area contributed by atoms with Crippen molar-refractivity contribution in [1.82, 2.24) is 15.3 Å². The van der Waals surface area contributed by atoms with Crippen LogP contribution in [-0.2, 0) is 0 Å². The maximum atomic E-state index is 7.45. The number of nitrogens with zero attached hydrogens (tertiary/aromatic N) is 2. The first-order valence-corrected chi connectivity index (χ1v) is 4.97. The van der Waals surface area contributed by atoms with Gasteiger partial charge >= 0.3 is 0 Å². The fourth-order valence-electron chi connectivity index (χ4n) is 1.47. The maximum Gasteiger partial charge on any atom is 0.230 e. The van der Waals surface area contributed by atoms with Crippen molar-refractivity contribution in [1.29, 1.82) is 5.41 Å². The standard InChI is InChI=1S/C11H13N5/c1-7-8-5-3-4-6-9(8)15-11(14-7)16-10(12)13-2/h3-6H,1-2H3,(H3,12,13,14,15,16). The van der Waals surface area contributed by atoms with E-state index >= 15 is 0 Å². The van der Waals surface area contributed by atoms with E-state index in [1.165, 1.54) is 0 Å². The number of anilines is 1. The molecule has 0 aliphatic heterocycles. The van der Waals surface area contributed by atoms with Gasteiger partial charge in [0.05, 0.1) is 11.2 Å².